The number of rotatable bonds is 5. The molecule has 0 saturated carbocycles. The lowest BCUT2D eigenvalue weighted by Crippen LogP contribution is -2.35. The number of carbonyl (C=O) groups excluding carboxylic acids is 1. The Labute approximate surface area is 108 Å². The van der Waals surface area contributed by atoms with E-state index < -0.39 is 5.97 Å². The molecule has 0 aliphatic carbocycles. The number of amides is 1. The van der Waals surface area contributed by atoms with E-state index in [0.29, 0.717) is 12.0 Å². The minimum Gasteiger partial charge on any atom is -0.481 e. The van der Waals surface area contributed by atoms with Crippen molar-refractivity contribution in [2.45, 2.75) is 25.8 Å². The van der Waals surface area contributed by atoms with Crippen LogP contribution in [0, 0.1) is 0 Å². The van der Waals surface area contributed by atoms with Gasteiger partial charge in [0.05, 0.1) is 6.42 Å². The number of halogens is 1. The molecule has 0 heterocycles. The quantitative estimate of drug-likeness (QED) is 0.877. The molecule has 0 saturated heterocycles. The molecule has 0 bridgehead atoms. The van der Waals surface area contributed by atoms with Gasteiger partial charge in [-0.2, -0.15) is 0 Å². The van der Waals surface area contributed by atoms with Crippen molar-refractivity contribution in [1.29, 1.82) is 0 Å². The van der Waals surface area contributed by atoms with Crippen molar-refractivity contribution in [3.8, 4) is 0 Å². The van der Waals surface area contributed by atoms with Crippen molar-refractivity contribution in [2.24, 2.45) is 0 Å². The van der Waals surface area contributed by atoms with Gasteiger partial charge in [0, 0.05) is 16.1 Å². The van der Waals surface area contributed by atoms with Gasteiger partial charge in [0.2, 0.25) is 0 Å². The third-order valence-corrected chi connectivity index (χ3v) is 2.88. The summed E-state index contributed by atoms with van der Waals surface area (Å²) in [4.78, 5) is 22.4. The van der Waals surface area contributed by atoms with Gasteiger partial charge in [-0.05, 0) is 30.7 Å². The summed E-state index contributed by atoms with van der Waals surface area (Å²) in [5.41, 5.74) is 0.525. The van der Waals surface area contributed by atoms with Crippen LogP contribution in [0.5, 0.6) is 0 Å². The fraction of sp³-hybridized carbons (Fsp3) is 0.333. The molecule has 1 aromatic carbocycles. The maximum atomic E-state index is 11.8. The van der Waals surface area contributed by atoms with E-state index in [1.165, 1.54) is 0 Å². The summed E-state index contributed by atoms with van der Waals surface area (Å²) in [6, 6.07) is 6.59. The predicted molar refractivity (Wildman–Crippen MR) is 67.9 cm³/mol. The number of benzene rings is 1. The van der Waals surface area contributed by atoms with Crippen molar-refractivity contribution < 1.29 is 14.7 Å². The zero-order valence-electron chi connectivity index (χ0n) is 9.44. The predicted octanol–water partition coefficient (Wildman–Crippen LogP) is 2.43. The average Bonchev–Trinajstić information content (AvgIpc) is 2.28. The summed E-state index contributed by atoms with van der Waals surface area (Å²) < 4.78 is 0.895. The van der Waals surface area contributed by atoms with Crippen LogP contribution in [-0.2, 0) is 4.79 Å². The molecule has 0 fully saturated rings. The topological polar surface area (TPSA) is 66.4 Å². The van der Waals surface area contributed by atoms with E-state index in [4.69, 9.17) is 5.11 Å². The first-order valence-electron chi connectivity index (χ1n) is 5.31. The molecule has 0 radical (unpaired) electrons. The van der Waals surface area contributed by atoms with E-state index in [-0.39, 0.29) is 18.4 Å². The Morgan fingerprint density at radius 3 is 2.41 bits per heavy atom. The smallest absolute Gasteiger partial charge is 0.305 e. The Bertz CT molecular complexity index is 403. The van der Waals surface area contributed by atoms with Crippen molar-refractivity contribution in [1.82, 2.24) is 5.32 Å². The zero-order valence-corrected chi connectivity index (χ0v) is 11.0. The number of carbonyl (C=O) groups is 2. The molecule has 2 N–H and O–H groups in total. The fourth-order valence-corrected chi connectivity index (χ4v) is 1.64. The number of hydrogen-bond acceptors (Lipinski definition) is 2. The Morgan fingerprint density at radius 1 is 1.35 bits per heavy atom. The maximum Gasteiger partial charge on any atom is 0.305 e. The van der Waals surface area contributed by atoms with Crippen molar-refractivity contribution >= 4 is 27.8 Å². The normalized spacial score (nSPS) is 11.9. The Kier molecular flexibility index (Phi) is 5.15. The number of aliphatic carboxylic acids is 1. The summed E-state index contributed by atoms with van der Waals surface area (Å²) in [5, 5.41) is 11.4. The molecule has 0 aliphatic heterocycles. The largest absolute Gasteiger partial charge is 0.481 e. The SMILES string of the molecule is CCC(CC(=O)O)NC(=O)c1ccc(Br)cc1. The molecule has 17 heavy (non-hydrogen) atoms. The van der Waals surface area contributed by atoms with Crippen molar-refractivity contribution in [3.05, 3.63) is 34.3 Å². The van der Waals surface area contributed by atoms with Gasteiger partial charge in [-0.1, -0.05) is 22.9 Å². The summed E-state index contributed by atoms with van der Waals surface area (Å²) in [6.07, 6.45) is 0.535. The second kappa shape index (κ2) is 6.39. The first-order chi connectivity index (χ1) is 8.02. The van der Waals surface area contributed by atoms with Gasteiger partial charge < -0.3 is 10.4 Å². The maximum absolute atomic E-state index is 11.8. The second-order valence-corrected chi connectivity index (χ2v) is 4.60. The molecule has 92 valence electrons. The molecule has 1 rings (SSSR count). The lowest BCUT2D eigenvalue weighted by Gasteiger charge is -2.14. The van der Waals surface area contributed by atoms with Crippen LogP contribution in [0.15, 0.2) is 28.7 Å². The van der Waals surface area contributed by atoms with Gasteiger partial charge in [-0.25, -0.2) is 0 Å². The molecule has 1 atom stereocenters. The minimum absolute atomic E-state index is 0.0568. The first kappa shape index (κ1) is 13.7. The number of nitrogens with one attached hydrogen (secondary N) is 1. The van der Waals surface area contributed by atoms with Gasteiger partial charge in [-0.3, -0.25) is 9.59 Å². The minimum atomic E-state index is -0.909. The molecule has 0 aromatic heterocycles. The lowest BCUT2D eigenvalue weighted by molar-refractivity contribution is -0.137. The van der Waals surface area contributed by atoms with E-state index in [1.54, 1.807) is 24.3 Å². The molecule has 5 heteroatoms. The highest BCUT2D eigenvalue weighted by Gasteiger charge is 2.14. The van der Waals surface area contributed by atoms with E-state index in [1.807, 2.05) is 6.92 Å². The molecular weight excluding hydrogens is 286 g/mol. The highest BCUT2D eigenvalue weighted by atomic mass is 79.9. The summed E-state index contributed by atoms with van der Waals surface area (Å²) >= 11 is 3.28. The molecule has 1 amide bonds. The number of hydrogen-bond donors (Lipinski definition) is 2. The summed E-state index contributed by atoms with van der Waals surface area (Å²) in [7, 11) is 0. The summed E-state index contributed by atoms with van der Waals surface area (Å²) in [6.45, 7) is 1.84. The van der Waals surface area contributed by atoms with Crippen LogP contribution >= 0.6 is 15.9 Å². The third kappa shape index (κ3) is 4.56. The molecular formula is C12H14BrNO3. The highest BCUT2D eigenvalue weighted by molar-refractivity contribution is 9.10. The monoisotopic (exact) mass is 299 g/mol. The van der Waals surface area contributed by atoms with E-state index in [0.717, 1.165) is 4.47 Å². The van der Waals surface area contributed by atoms with Crippen LogP contribution in [0.1, 0.15) is 30.1 Å². The number of carboxylic acids is 1. The first-order valence-corrected chi connectivity index (χ1v) is 6.10. The van der Waals surface area contributed by atoms with E-state index in [2.05, 4.69) is 21.2 Å². The van der Waals surface area contributed by atoms with Crippen LogP contribution in [-0.4, -0.2) is 23.0 Å². The van der Waals surface area contributed by atoms with E-state index >= 15 is 0 Å². The van der Waals surface area contributed by atoms with Gasteiger partial charge >= 0.3 is 5.97 Å². The molecule has 1 unspecified atom stereocenters. The van der Waals surface area contributed by atoms with Gasteiger partial charge in [-0.15, -0.1) is 0 Å². The van der Waals surface area contributed by atoms with Crippen LogP contribution in [0.25, 0.3) is 0 Å². The van der Waals surface area contributed by atoms with Crippen molar-refractivity contribution in [3.63, 3.8) is 0 Å². The average molecular weight is 300 g/mol. The van der Waals surface area contributed by atoms with Crippen LogP contribution < -0.4 is 5.32 Å². The fourth-order valence-electron chi connectivity index (χ4n) is 1.38. The van der Waals surface area contributed by atoms with Gasteiger partial charge in [0.15, 0.2) is 0 Å². The Hall–Kier alpha value is -1.36. The standard InChI is InChI=1S/C12H14BrNO3/c1-2-10(7-11(15)16)14-12(17)8-3-5-9(13)6-4-8/h3-6,10H,2,7H2,1H3,(H,14,17)(H,15,16). The summed E-state index contributed by atoms with van der Waals surface area (Å²) in [5.74, 6) is -1.15. The van der Waals surface area contributed by atoms with Crippen LogP contribution in [0.4, 0.5) is 0 Å². The number of carboxylic acid groups (broad SMARTS) is 1. The highest BCUT2D eigenvalue weighted by Crippen LogP contribution is 2.11. The second-order valence-electron chi connectivity index (χ2n) is 3.68. The third-order valence-electron chi connectivity index (χ3n) is 2.36. The molecule has 0 aliphatic rings. The molecule has 4 nitrogen and oxygen atoms in total. The Balaban J connectivity index is 2.64. The lowest BCUT2D eigenvalue weighted by atomic mass is 10.1. The Morgan fingerprint density at radius 2 is 1.94 bits per heavy atom. The van der Waals surface area contributed by atoms with Crippen LogP contribution in [0.3, 0.4) is 0 Å². The molecule has 0 spiro atoms. The molecule has 1 aromatic rings. The van der Waals surface area contributed by atoms with E-state index in [9.17, 15) is 9.59 Å². The van der Waals surface area contributed by atoms with Crippen LogP contribution in [0.2, 0.25) is 0 Å². The van der Waals surface area contributed by atoms with Gasteiger partial charge in [0.1, 0.15) is 0 Å². The zero-order chi connectivity index (χ0) is 12.8. The van der Waals surface area contributed by atoms with Crippen molar-refractivity contribution in [2.75, 3.05) is 0 Å². The van der Waals surface area contributed by atoms with Gasteiger partial charge in [0.25, 0.3) is 5.91 Å².